The van der Waals surface area contributed by atoms with E-state index in [4.69, 9.17) is 5.73 Å². The number of rotatable bonds is 6. The fourth-order valence-electron chi connectivity index (χ4n) is 2.31. The molecular formula is C14H23FN2. The van der Waals surface area contributed by atoms with Crippen molar-refractivity contribution in [3.05, 3.63) is 30.1 Å². The van der Waals surface area contributed by atoms with Gasteiger partial charge in [-0.25, -0.2) is 4.39 Å². The van der Waals surface area contributed by atoms with E-state index < -0.39 is 0 Å². The van der Waals surface area contributed by atoms with Crippen LogP contribution in [0.3, 0.4) is 0 Å². The molecule has 0 radical (unpaired) electrons. The molecule has 0 aromatic heterocycles. The van der Waals surface area contributed by atoms with Crippen molar-refractivity contribution in [2.75, 3.05) is 18.5 Å². The summed E-state index contributed by atoms with van der Waals surface area (Å²) in [6.45, 7) is 4.97. The van der Waals surface area contributed by atoms with Crippen LogP contribution in [-0.2, 0) is 0 Å². The third-order valence-corrected chi connectivity index (χ3v) is 3.36. The number of hydrogen-bond acceptors (Lipinski definition) is 2. The second-order valence-corrected chi connectivity index (χ2v) is 4.66. The Bertz CT molecular complexity index is 341. The highest BCUT2D eigenvalue weighted by Crippen LogP contribution is 2.22. The second kappa shape index (κ2) is 6.60. The van der Waals surface area contributed by atoms with Gasteiger partial charge in [-0.15, -0.1) is 0 Å². The summed E-state index contributed by atoms with van der Waals surface area (Å²) in [4.78, 5) is 2.09. The van der Waals surface area contributed by atoms with Gasteiger partial charge in [-0.05, 0) is 30.5 Å². The number of halogens is 1. The normalized spacial score (nSPS) is 14.4. The topological polar surface area (TPSA) is 29.3 Å². The van der Waals surface area contributed by atoms with E-state index >= 15 is 0 Å². The maximum absolute atomic E-state index is 13.2. The molecule has 2 unspecified atom stereocenters. The molecular weight excluding hydrogens is 215 g/mol. The number of likely N-dealkylation sites (N-methyl/N-ethyl adjacent to an activating group) is 1. The minimum atomic E-state index is -0.201. The van der Waals surface area contributed by atoms with E-state index in [1.54, 1.807) is 12.1 Å². The van der Waals surface area contributed by atoms with E-state index in [1.807, 2.05) is 13.1 Å². The second-order valence-electron chi connectivity index (χ2n) is 4.66. The monoisotopic (exact) mass is 238 g/mol. The van der Waals surface area contributed by atoms with Gasteiger partial charge >= 0.3 is 0 Å². The summed E-state index contributed by atoms with van der Waals surface area (Å²) >= 11 is 0. The Labute approximate surface area is 104 Å². The Balaban J connectivity index is 2.81. The van der Waals surface area contributed by atoms with Crippen molar-refractivity contribution < 1.29 is 4.39 Å². The zero-order chi connectivity index (χ0) is 12.8. The average Bonchev–Trinajstić information content (AvgIpc) is 2.30. The first-order valence-corrected chi connectivity index (χ1v) is 6.28. The maximum Gasteiger partial charge on any atom is 0.125 e. The van der Waals surface area contributed by atoms with Gasteiger partial charge in [0.15, 0.2) is 0 Å². The first-order chi connectivity index (χ1) is 8.10. The molecule has 0 bridgehead atoms. The summed E-state index contributed by atoms with van der Waals surface area (Å²) in [5, 5.41) is 0. The van der Waals surface area contributed by atoms with E-state index in [0.29, 0.717) is 12.5 Å². The first-order valence-electron chi connectivity index (χ1n) is 6.28. The summed E-state index contributed by atoms with van der Waals surface area (Å²) in [7, 11) is 1.98. The van der Waals surface area contributed by atoms with Crippen LogP contribution in [0.5, 0.6) is 0 Å². The molecule has 0 saturated heterocycles. The summed E-state index contributed by atoms with van der Waals surface area (Å²) in [6, 6.07) is 6.94. The van der Waals surface area contributed by atoms with Gasteiger partial charge in [0.05, 0.1) is 0 Å². The molecule has 0 heterocycles. The van der Waals surface area contributed by atoms with E-state index in [-0.39, 0.29) is 11.9 Å². The van der Waals surface area contributed by atoms with Crippen molar-refractivity contribution >= 4 is 5.69 Å². The van der Waals surface area contributed by atoms with Crippen molar-refractivity contribution in [3.63, 3.8) is 0 Å². The average molecular weight is 238 g/mol. The molecule has 2 atom stereocenters. The molecule has 96 valence electrons. The van der Waals surface area contributed by atoms with E-state index in [1.165, 1.54) is 6.07 Å². The van der Waals surface area contributed by atoms with Crippen LogP contribution >= 0.6 is 0 Å². The molecule has 17 heavy (non-hydrogen) atoms. The zero-order valence-corrected chi connectivity index (χ0v) is 11.0. The summed E-state index contributed by atoms with van der Waals surface area (Å²) in [6.07, 6.45) is 2.29. The molecule has 1 rings (SSSR count). The number of benzene rings is 1. The van der Waals surface area contributed by atoms with Crippen molar-refractivity contribution in [3.8, 4) is 0 Å². The molecule has 0 spiro atoms. The minimum Gasteiger partial charge on any atom is -0.370 e. The van der Waals surface area contributed by atoms with Crippen LogP contribution in [0, 0.1) is 11.7 Å². The molecule has 3 heteroatoms. The zero-order valence-electron chi connectivity index (χ0n) is 11.0. The summed E-state index contributed by atoms with van der Waals surface area (Å²) in [5.74, 6) is 0.312. The third-order valence-electron chi connectivity index (χ3n) is 3.36. The van der Waals surface area contributed by atoms with Crippen molar-refractivity contribution in [2.45, 2.75) is 32.7 Å². The van der Waals surface area contributed by atoms with E-state index in [9.17, 15) is 4.39 Å². The van der Waals surface area contributed by atoms with Gasteiger partial charge in [0.1, 0.15) is 5.82 Å². The fourth-order valence-corrected chi connectivity index (χ4v) is 2.31. The van der Waals surface area contributed by atoms with Gasteiger partial charge in [0, 0.05) is 25.3 Å². The number of anilines is 1. The van der Waals surface area contributed by atoms with Crippen LogP contribution in [0.15, 0.2) is 24.3 Å². The Hall–Kier alpha value is -1.09. The van der Waals surface area contributed by atoms with Gasteiger partial charge in [-0.3, -0.25) is 0 Å². The lowest BCUT2D eigenvalue weighted by Gasteiger charge is -2.33. The van der Waals surface area contributed by atoms with Crippen LogP contribution < -0.4 is 10.6 Å². The van der Waals surface area contributed by atoms with E-state index in [0.717, 1.165) is 18.5 Å². The number of nitrogens with zero attached hydrogens (tertiary/aromatic N) is 1. The minimum absolute atomic E-state index is 0.201. The molecule has 2 N–H and O–H groups in total. The maximum atomic E-state index is 13.2. The molecule has 0 aliphatic rings. The predicted molar refractivity (Wildman–Crippen MR) is 71.7 cm³/mol. The van der Waals surface area contributed by atoms with Gasteiger partial charge in [-0.2, -0.15) is 0 Å². The fraction of sp³-hybridized carbons (Fsp3) is 0.571. The van der Waals surface area contributed by atoms with Crippen LogP contribution in [0.4, 0.5) is 10.1 Å². The molecule has 0 amide bonds. The van der Waals surface area contributed by atoms with Crippen molar-refractivity contribution in [2.24, 2.45) is 11.7 Å². The van der Waals surface area contributed by atoms with Crippen LogP contribution in [0.25, 0.3) is 0 Å². The van der Waals surface area contributed by atoms with Gasteiger partial charge in [-0.1, -0.05) is 26.3 Å². The SMILES string of the molecule is CCCC(C)C(CN)N(C)c1cccc(F)c1. The lowest BCUT2D eigenvalue weighted by Crippen LogP contribution is -2.42. The lowest BCUT2D eigenvalue weighted by atomic mass is 9.95. The highest BCUT2D eigenvalue weighted by atomic mass is 19.1. The summed E-state index contributed by atoms with van der Waals surface area (Å²) < 4.78 is 13.2. The van der Waals surface area contributed by atoms with Gasteiger partial charge in [0.25, 0.3) is 0 Å². The Morgan fingerprint density at radius 2 is 2.12 bits per heavy atom. The molecule has 1 aromatic rings. The Kier molecular flexibility index (Phi) is 5.42. The number of hydrogen-bond donors (Lipinski definition) is 1. The highest BCUT2D eigenvalue weighted by molar-refractivity contribution is 5.46. The predicted octanol–water partition coefficient (Wildman–Crippen LogP) is 3.03. The lowest BCUT2D eigenvalue weighted by molar-refractivity contribution is 0.414. The molecule has 0 fully saturated rings. The van der Waals surface area contributed by atoms with Crippen LogP contribution in [-0.4, -0.2) is 19.6 Å². The van der Waals surface area contributed by atoms with Crippen molar-refractivity contribution in [1.82, 2.24) is 0 Å². The molecule has 0 saturated carbocycles. The molecule has 0 aliphatic carbocycles. The Morgan fingerprint density at radius 3 is 2.65 bits per heavy atom. The Morgan fingerprint density at radius 1 is 1.41 bits per heavy atom. The highest BCUT2D eigenvalue weighted by Gasteiger charge is 2.20. The van der Waals surface area contributed by atoms with E-state index in [2.05, 4.69) is 18.7 Å². The van der Waals surface area contributed by atoms with Crippen LogP contribution in [0.1, 0.15) is 26.7 Å². The smallest absolute Gasteiger partial charge is 0.125 e. The largest absolute Gasteiger partial charge is 0.370 e. The third kappa shape index (κ3) is 3.70. The molecule has 0 aliphatic heterocycles. The first kappa shape index (κ1) is 14.0. The quantitative estimate of drug-likeness (QED) is 0.825. The van der Waals surface area contributed by atoms with Gasteiger partial charge < -0.3 is 10.6 Å². The molecule has 2 nitrogen and oxygen atoms in total. The van der Waals surface area contributed by atoms with Crippen molar-refractivity contribution in [1.29, 1.82) is 0 Å². The number of nitrogens with two attached hydrogens (primary N) is 1. The standard InChI is InChI=1S/C14H23FN2/c1-4-6-11(2)14(10-16)17(3)13-8-5-7-12(15)9-13/h5,7-9,11,14H,4,6,10,16H2,1-3H3. The van der Waals surface area contributed by atoms with Gasteiger partial charge in [0.2, 0.25) is 0 Å². The molecule has 1 aromatic carbocycles. The summed E-state index contributed by atoms with van der Waals surface area (Å²) in [5.41, 5.74) is 6.74. The van der Waals surface area contributed by atoms with Crippen LogP contribution in [0.2, 0.25) is 0 Å².